The summed E-state index contributed by atoms with van der Waals surface area (Å²) in [6.45, 7) is 5.37. The third kappa shape index (κ3) is 8.19. The first kappa shape index (κ1) is 29.4. The van der Waals surface area contributed by atoms with E-state index in [0.717, 1.165) is 5.56 Å². The van der Waals surface area contributed by atoms with Crippen LogP contribution in [0.4, 0.5) is 16.2 Å². The summed E-state index contributed by atoms with van der Waals surface area (Å²) in [4.78, 5) is 42.5. The molecule has 7 nitrogen and oxygen atoms in total. The van der Waals surface area contributed by atoms with Crippen LogP contribution in [-0.4, -0.2) is 28.4 Å². The van der Waals surface area contributed by atoms with Gasteiger partial charge in [0.1, 0.15) is 11.6 Å². The molecule has 3 amide bonds. The second-order valence-electron chi connectivity index (χ2n) is 10.4. The van der Waals surface area contributed by atoms with Gasteiger partial charge in [0.25, 0.3) is 11.8 Å². The van der Waals surface area contributed by atoms with Crippen LogP contribution in [0, 0.1) is 0 Å². The van der Waals surface area contributed by atoms with Crippen molar-refractivity contribution in [3.05, 3.63) is 131 Å². The van der Waals surface area contributed by atoms with E-state index in [9.17, 15) is 14.4 Å². The quantitative estimate of drug-likeness (QED) is 0.227. The van der Waals surface area contributed by atoms with Crippen LogP contribution in [0.3, 0.4) is 0 Å². The molecule has 0 aliphatic heterocycles. The molecule has 0 heterocycles. The summed E-state index contributed by atoms with van der Waals surface area (Å²) in [7, 11) is 0. The van der Waals surface area contributed by atoms with Gasteiger partial charge in [0.05, 0.1) is 11.3 Å². The molecule has 0 aliphatic rings. The zero-order chi connectivity index (χ0) is 29.4. The van der Waals surface area contributed by atoms with Crippen molar-refractivity contribution in [2.24, 2.45) is 0 Å². The van der Waals surface area contributed by atoms with E-state index < -0.39 is 23.6 Å². The predicted octanol–water partition coefficient (Wildman–Crippen LogP) is 7.71. The first-order valence-electron chi connectivity index (χ1n) is 13.2. The van der Waals surface area contributed by atoms with Crippen molar-refractivity contribution in [3.8, 4) is 0 Å². The average Bonchev–Trinajstić information content (AvgIpc) is 2.94. The summed E-state index contributed by atoms with van der Waals surface area (Å²) >= 11 is 6.12. The molecular formula is C33H32ClN3O4. The molecule has 41 heavy (non-hydrogen) atoms. The Bertz CT molecular complexity index is 1490. The normalized spacial score (nSPS) is 11.7. The zero-order valence-corrected chi connectivity index (χ0v) is 23.9. The molecule has 0 saturated carbocycles. The van der Waals surface area contributed by atoms with Crippen LogP contribution in [0.15, 0.2) is 109 Å². The van der Waals surface area contributed by atoms with Crippen molar-refractivity contribution >= 4 is 40.9 Å². The molecule has 210 valence electrons. The van der Waals surface area contributed by atoms with Crippen LogP contribution in [0.25, 0.3) is 0 Å². The Morgan fingerprint density at radius 3 is 2.00 bits per heavy atom. The smallest absolute Gasteiger partial charge is 0.412 e. The van der Waals surface area contributed by atoms with Gasteiger partial charge >= 0.3 is 6.09 Å². The number of nitrogens with one attached hydrogen (secondary N) is 2. The number of halogens is 1. The van der Waals surface area contributed by atoms with E-state index in [-0.39, 0.29) is 23.7 Å². The van der Waals surface area contributed by atoms with E-state index in [0.29, 0.717) is 16.3 Å². The molecular weight excluding hydrogens is 538 g/mol. The number of hydrogen-bond donors (Lipinski definition) is 2. The fourth-order valence-electron chi connectivity index (χ4n) is 4.25. The van der Waals surface area contributed by atoms with E-state index in [1.807, 2.05) is 60.7 Å². The Labute approximate surface area is 245 Å². The fraction of sp³-hybridized carbons (Fsp3) is 0.182. The number of carbonyl (C=O) groups excluding carboxylic acids is 3. The molecule has 4 aromatic rings. The standard InChI is InChI=1S/C33H32ClN3O4/c1-33(2,3)41-32(40)36-28-17-11-10-16-27(28)31(39)37(22-23-18-20-25(34)21-19-23)29(24-12-6-4-7-13-24)30(38)35-26-14-8-5-9-15-26/h4-21,29H,22H2,1-3H3,(H,35,38)(H,36,40). The van der Waals surface area contributed by atoms with Crippen molar-refractivity contribution in [2.45, 2.75) is 39.0 Å². The Morgan fingerprint density at radius 2 is 1.37 bits per heavy atom. The summed E-state index contributed by atoms with van der Waals surface area (Å²) in [5, 5.41) is 6.20. The van der Waals surface area contributed by atoms with Gasteiger partial charge in [0.15, 0.2) is 0 Å². The maximum absolute atomic E-state index is 14.4. The van der Waals surface area contributed by atoms with Gasteiger partial charge in [-0.05, 0) is 68.3 Å². The molecule has 4 rings (SSSR count). The van der Waals surface area contributed by atoms with Crippen LogP contribution >= 0.6 is 11.6 Å². The molecule has 0 bridgehead atoms. The molecule has 1 unspecified atom stereocenters. The van der Waals surface area contributed by atoms with E-state index >= 15 is 0 Å². The van der Waals surface area contributed by atoms with Gasteiger partial charge in [0.2, 0.25) is 0 Å². The summed E-state index contributed by atoms with van der Waals surface area (Å²) in [5.41, 5.74) is 1.75. The minimum atomic E-state index is -1.01. The molecule has 0 fully saturated rings. The maximum atomic E-state index is 14.4. The van der Waals surface area contributed by atoms with Crippen LogP contribution in [0.5, 0.6) is 0 Å². The molecule has 0 aliphatic carbocycles. The SMILES string of the molecule is CC(C)(C)OC(=O)Nc1ccccc1C(=O)N(Cc1ccc(Cl)cc1)C(C(=O)Nc1ccccc1)c1ccccc1. The number of hydrogen-bond acceptors (Lipinski definition) is 4. The number of para-hydroxylation sites is 2. The number of ether oxygens (including phenoxy) is 1. The van der Waals surface area contributed by atoms with Crippen LogP contribution < -0.4 is 10.6 Å². The van der Waals surface area contributed by atoms with Crippen molar-refractivity contribution in [1.29, 1.82) is 0 Å². The van der Waals surface area contributed by atoms with E-state index in [1.165, 1.54) is 4.90 Å². The number of nitrogens with zero attached hydrogens (tertiary/aromatic N) is 1. The highest BCUT2D eigenvalue weighted by Crippen LogP contribution is 2.30. The highest BCUT2D eigenvalue weighted by molar-refractivity contribution is 6.30. The number of carbonyl (C=O) groups is 3. The average molecular weight is 570 g/mol. The van der Waals surface area contributed by atoms with Crippen molar-refractivity contribution in [1.82, 2.24) is 4.90 Å². The molecule has 0 spiro atoms. The van der Waals surface area contributed by atoms with Gasteiger partial charge in [-0.15, -0.1) is 0 Å². The van der Waals surface area contributed by atoms with Gasteiger partial charge in [-0.25, -0.2) is 4.79 Å². The van der Waals surface area contributed by atoms with Crippen LogP contribution in [0.2, 0.25) is 5.02 Å². The van der Waals surface area contributed by atoms with E-state index in [2.05, 4.69) is 10.6 Å². The minimum Gasteiger partial charge on any atom is -0.444 e. The molecule has 0 saturated heterocycles. The summed E-state index contributed by atoms with van der Waals surface area (Å²) < 4.78 is 5.41. The van der Waals surface area contributed by atoms with Crippen molar-refractivity contribution < 1.29 is 19.1 Å². The zero-order valence-electron chi connectivity index (χ0n) is 23.1. The molecule has 4 aromatic carbocycles. The number of rotatable bonds is 8. The lowest BCUT2D eigenvalue weighted by Gasteiger charge is -2.32. The number of anilines is 2. The predicted molar refractivity (Wildman–Crippen MR) is 162 cm³/mol. The molecule has 0 radical (unpaired) electrons. The Kier molecular flexibility index (Phi) is 9.42. The molecule has 8 heteroatoms. The van der Waals surface area contributed by atoms with Gasteiger partial charge < -0.3 is 15.0 Å². The van der Waals surface area contributed by atoms with Crippen LogP contribution in [-0.2, 0) is 16.1 Å². The lowest BCUT2D eigenvalue weighted by molar-refractivity contribution is -0.121. The van der Waals surface area contributed by atoms with Crippen LogP contribution in [0.1, 0.15) is 48.3 Å². The second-order valence-corrected chi connectivity index (χ2v) is 10.8. The number of benzene rings is 4. The van der Waals surface area contributed by atoms with Crippen molar-refractivity contribution in [2.75, 3.05) is 10.6 Å². The van der Waals surface area contributed by atoms with Gasteiger partial charge in [-0.1, -0.05) is 84.4 Å². The Balaban J connectivity index is 1.78. The maximum Gasteiger partial charge on any atom is 0.412 e. The Morgan fingerprint density at radius 1 is 0.780 bits per heavy atom. The summed E-state index contributed by atoms with van der Waals surface area (Å²) in [6.07, 6.45) is -0.691. The molecule has 2 N–H and O–H groups in total. The number of amides is 3. The van der Waals surface area contributed by atoms with E-state index in [1.54, 1.807) is 69.3 Å². The lowest BCUT2D eigenvalue weighted by Crippen LogP contribution is -2.41. The third-order valence-corrected chi connectivity index (χ3v) is 6.29. The minimum absolute atomic E-state index is 0.0958. The second kappa shape index (κ2) is 13.2. The van der Waals surface area contributed by atoms with Crippen molar-refractivity contribution in [3.63, 3.8) is 0 Å². The first-order valence-corrected chi connectivity index (χ1v) is 13.5. The monoisotopic (exact) mass is 569 g/mol. The van der Waals surface area contributed by atoms with Gasteiger partial charge in [-0.2, -0.15) is 0 Å². The lowest BCUT2D eigenvalue weighted by atomic mass is 10.0. The highest BCUT2D eigenvalue weighted by Gasteiger charge is 2.33. The highest BCUT2D eigenvalue weighted by atomic mass is 35.5. The summed E-state index contributed by atoms with van der Waals surface area (Å²) in [5.74, 6) is -0.842. The molecule has 1 atom stereocenters. The summed E-state index contributed by atoms with van der Waals surface area (Å²) in [6, 6.07) is 30.9. The van der Waals surface area contributed by atoms with Gasteiger partial charge in [0, 0.05) is 17.3 Å². The fourth-order valence-corrected chi connectivity index (χ4v) is 4.38. The topological polar surface area (TPSA) is 87.7 Å². The first-order chi connectivity index (χ1) is 19.6. The van der Waals surface area contributed by atoms with Gasteiger partial charge in [-0.3, -0.25) is 14.9 Å². The Hall–Kier alpha value is -4.62. The molecule has 0 aromatic heterocycles. The van der Waals surface area contributed by atoms with E-state index in [4.69, 9.17) is 16.3 Å². The largest absolute Gasteiger partial charge is 0.444 e. The third-order valence-electron chi connectivity index (χ3n) is 6.04.